The topological polar surface area (TPSA) is 134 Å². The molecule has 3 aromatic rings. The van der Waals surface area contributed by atoms with Crippen LogP contribution >= 0.6 is 0 Å². The highest BCUT2D eigenvalue weighted by Gasteiger charge is 2.45. The van der Waals surface area contributed by atoms with E-state index in [1.165, 1.54) is 37.5 Å². The number of aliphatic imine (C=N–C) groups is 1. The number of rotatable bonds is 12. The molecule has 2 atom stereocenters. The predicted octanol–water partition coefficient (Wildman–Crippen LogP) is 5.47. The second-order valence-electron chi connectivity index (χ2n) is 10.9. The molecule has 1 aliphatic rings. The van der Waals surface area contributed by atoms with Crippen molar-refractivity contribution in [1.82, 2.24) is 10.3 Å². The quantitative estimate of drug-likeness (QED) is 0.130. The van der Waals surface area contributed by atoms with Gasteiger partial charge < -0.3 is 30.3 Å². The zero-order chi connectivity index (χ0) is 35.9. The molecule has 4 rings (SSSR count). The van der Waals surface area contributed by atoms with Crippen LogP contribution < -0.4 is 20.9 Å². The van der Waals surface area contributed by atoms with Gasteiger partial charge in [0.05, 0.1) is 54.2 Å². The van der Waals surface area contributed by atoms with Crippen molar-refractivity contribution in [2.45, 2.75) is 38.5 Å². The molecule has 2 amide bonds. The number of aryl methyl sites for hydroxylation is 1. The van der Waals surface area contributed by atoms with Crippen LogP contribution in [0.5, 0.6) is 0 Å². The van der Waals surface area contributed by atoms with E-state index in [2.05, 4.69) is 39.2 Å². The lowest BCUT2D eigenvalue weighted by molar-refractivity contribution is -0.167. The molecule has 0 aliphatic carbocycles. The largest absolute Gasteiger partial charge is 0.464 e. The predicted molar refractivity (Wildman–Crippen MR) is 178 cm³/mol. The Labute approximate surface area is 280 Å². The molecule has 2 aromatic carbocycles. The lowest BCUT2D eigenvalue weighted by Gasteiger charge is -2.38. The highest BCUT2D eigenvalue weighted by molar-refractivity contribution is 6.09. The maximum Gasteiger partial charge on any atom is 0.411 e. The van der Waals surface area contributed by atoms with Crippen molar-refractivity contribution in [3.8, 4) is 0 Å². The van der Waals surface area contributed by atoms with E-state index in [1.54, 1.807) is 26.1 Å². The van der Waals surface area contributed by atoms with Crippen molar-refractivity contribution in [2.75, 3.05) is 48.9 Å². The first-order chi connectivity index (χ1) is 23.3. The molecular weight excluding hydrogens is 648 g/mol. The molecule has 15 heteroatoms. The van der Waals surface area contributed by atoms with Crippen LogP contribution in [-0.2, 0) is 20.7 Å². The van der Waals surface area contributed by atoms with Crippen LogP contribution in [0.4, 0.5) is 40.3 Å². The number of hydrogen-bond donors (Lipinski definition) is 3. The molecule has 2 heterocycles. The fraction of sp³-hybridized carbons (Fsp3) is 0.324. The molecule has 0 bridgehead atoms. The van der Waals surface area contributed by atoms with Crippen molar-refractivity contribution in [1.29, 1.82) is 0 Å². The first kappa shape index (κ1) is 36.5. The maximum atomic E-state index is 15.5. The second kappa shape index (κ2) is 15.7. The van der Waals surface area contributed by atoms with Gasteiger partial charge in [-0.1, -0.05) is 18.7 Å². The van der Waals surface area contributed by atoms with E-state index in [1.807, 2.05) is 0 Å². The zero-order valence-corrected chi connectivity index (χ0v) is 27.1. The molecule has 0 unspecified atom stereocenters. The van der Waals surface area contributed by atoms with E-state index in [4.69, 9.17) is 9.47 Å². The molecule has 0 radical (unpaired) electrons. The Hall–Kier alpha value is -5.31. The number of esters is 1. The van der Waals surface area contributed by atoms with E-state index >= 15 is 4.39 Å². The second-order valence-corrected chi connectivity index (χ2v) is 10.9. The summed E-state index contributed by atoms with van der Waals surface area (Å²) in [6.45, 7) is 9.68. The number of amides is 2. The van der Waals surface area contributed by atoms with Crippen LogP contribution in [0.2, 0.25) is 0 Å². The average molecular weight is 685 g/mol. The number of pyridine rings is 1. The Morgan fingerprint density at radius 1 is 1.20 bits per heavy atom. The molecule has 49 heavy (non-hydrogen) atoms. The van der Waals surface area contributed by atoms with Gasteiger partial charge in [-0.2, -0.15) is 13.2 Å². The number of carbonyl (C=O) groups excluding carboxylic acids is 3. The normalized spacial score (nSPS) is 15.2. The summed E-state index contributed by atoms with van der Waals surface area (Å²) in [5.74, 6) is -3.31. The van der Waals surface area contributed by atoms with Gasteiger partial charge in [0.25, 0.3) is 11.8 Å². The molecule has 0 spiro atoms. The van der Waals surface area contributed by atoms with E-state index in [9.17, 15) is 27.6 Å². The average Bonchev–Trinajstić information content (AvgIpc) is 3.07. The first-order valence-corrected chi connectivity index (χ1v) is 15.2. The molecule has 1 fully saturated rings. The molecule has 11 nitrogen and oxygen atoms in total. The van der Waals surface area contributed by atoms with E-state index in [0.29, 0.717) is 28.1 Å². The number of aromatic nitrogens is 1. The Balaban J connectivity index is 1.62. The Morgan fingerprint density at radius 3 is 2.59 bits per heavy atom. The number of ether oxygens (including phenoxy) is 2. The van der Waals surface area contributed by atoms with Crippen molar-refractivity contribution < 1.29 is 41.4 Å². The number of anilines is 3. The first-order valence-electron chi connectivity index (χ1n) is 15.2. The zero-order valence-electron chi connectivity index (χ0n) is 27.1. The third kappa shape index (κ3) is 8.23. The van der Waals surface area contributed by atoms with Crippen molar-refractivity contribution in [3.63, 3.8) is 0 Å². The molecular formula is C34H36F4N6O5. The third-order valence-corrected chi connectivity index (χ3v) is 7.89. The van der Waals surface area contributed by atoms with Crippen molar-refractivity contribution in [3.05, 3.63) is 82.9 Å². The Bertz CT molecular complexity index is 1730. The standard InChI is InChI=1S/C34H36F4N6O5/c1-6-22-20(8-9-25(30(22)40-5)42-31(45)23-10-11-41-17-27(23)39-4)15-26(33(47)49-7-2)43-32(46)29-19(3)14-21(16-24(29)35)44-12-13-48-18-28(44)34(36,37)38/h6,8-11,14,16-17,26,28,39H,1,5,7,12-13,15,18H2,2-4H3,(H,42,45)(H,43,46)/t26-,28+/m0/s1. The number of halogens is 4. The maximum absolute atomic E-state index is 15.5. The third-order valence-electron chi connectivity index (χ3n) is 7.89. The number of carbonyl (C=O) groups is 3. The summed E-state index contributed by atoms with van der Waals surface area (Å²) in [5.41, 5.74) is 1.77. The van der Waals surface area contributed by atoms with Gasteiger partial charge in [-0.05, 0) is 56.0 Å². The molecule has 1 saturated heterocycles. The van der Waals surface area contributed by atoms with Gasteiger partial charge in [0.15, 0.2) is 0 Å². The lowest BCUT2D eigenvalue weighted by Crippen LogP contribution is -2.53. The SMILES string of the molecule is C=Cc1c(C[C@H](NC(=O)c2c(C)cc(N3CCOC[C@@H]3C(F)(F)F)cc2F)C(=O)OCC)ccc(NC(=O)c2ccncc2NC)c1N=C. The number of morpholine rings is 1. The fourth-order valence-corrected chi connectivity index (χ4v) is 5.56. The summed E-state index contributed by atoms with van der Waals surface area (Å²) in [4.78, 5) is 48.7. The monoisotopic (exact) mass is 684 g/mol. The van der Waals surface area contributed by atoms with Gasteiger partial charge in [-0.3, -0.25) is 19.6 Å². The van der Waals surface area contributed by atoms with Gasteiger partial charge in [-0.25, -0.2) is 9.18 Å². The van der Waals surface area contributed by atoms with Crippen LogP contribution in [0, 0.1) is 12.7 Å². The summed E-state index contributed by atoms with van der Waals surface area (Å²) >= 11 is 0. The number of alkyl halides is 3. The smallest absolute Gasteiger partial charge is 0.411 e. The molecule has 0 saturated carbocycles. The van der Waals surface area contributed by atoms with Gasteiger partial charge >= 0.3 is 12.1 Å². The van der Waals surface area contributed by atoms with E-state index in [0.717, 1.165) is 11.0 Å². The molecule has 1 aliphatic heterocycles. The minimum Gasteiger partial charge on any atom is -0.464 e. The fourth-order valence-electron chi connectivity index (χ4n) is 5.56. The summed E-state index contributed by atoms with van der Waals surface area (Å²) in [7, 11) is 1.65. The molecule has 260 valence electrons. The van der Waals surface area contributed by atoms with Crippen LogP contribution in [-0.4, -0.2) is 81.2 Å². The van der Waals surface area contributed by atoms with E-state index in [-0.39, 0.29) is 43.1 Å². The summed E-state index contributed by atoms with van der Waals surface area (Å²) in [6, 6.07) is 3.54. The number of hydrogen-bond acceptors (Lipinski definition) is 9. The van der Waals surface area contributed by atoms with Gasteiger partial charge in [0, 0.05) is 37.5 Å². The van der Waals surface area contributed by atoms with Gasteiger partial charge in [0.2, 0.25) is 0 Å². The van der Waals surface area contributed by atoms with Crippen LogP contribution in [0.3, 0.4) is 0 Å². The Morgan fingerprint density at radius 2 is 1.96 bits per heavy atom. The highest BCUT2D eigenvalue weighted by Crippen LogP contribution is 2.35. The number of benzene rings is 2. The Kier molecular flexibility index (Phi) is 11.7. The van der Waals surface area contributed by atoms with Crippen LogP contribution in [0.15, 0.2) is 54.3 Å². The highest BCUT2D eigenvalue weighted by atomic mass is 19.4. The van der Waals surface area contributed by atoms with Gasteiger partial charge in [-0.15, -0.1) is 0 Å². The van der Waals surface area contributed by atoms with E-state index < -0.39 is 54.0 Å². The molecule has 3 N–H and O–H groups in total. The van der Waals surface area contributed by atoms with Crippen molar-refractivity contribution >= 4 is 53.3 Å². The van der Waals surface area contributed by atoms with Crippen LogP contribution in [0.1, 0.15) is 44.3 Å². The van der Waals surface area contributed by atoms with Crippen molar-refractivity contribution in [2.24, 2.45) is 4.99 Å². The minimum atomic E-state index is -4.63. The molecule has 1 aromatic heterocycles. The number of nitrogens with one attached hydrogen (secondary N) is 3. The minimum absolute atomic E-state index is 0.0157. The summed E-state index contributed by atoms with van der Waals surface area (Å²) in [6.07, 6.45) is -0.361. The summed E-state index contributed by atoms with van der Waals surface area (Å²) in [5, 5.41) is 8.21. The number of nitrogens with zero attached hydrogens (tertiary/aromatic N) is 3. The van der Waals surface area contributed by atoms with Crippen LogP contribution in [0.25, 0.3) is 6.08 Å². The lowest BCUT2D eigenvalue weighted by atomic mass is 9.96. The summed E-state index contributed by atoms with van der Waals surface area (Å²) < 4.78 is 66.7. The van der Waals surface area contributed by atoms with Gasteiger partial charge in [0.1, 0.15) is 17.9 Å².